The Morgan fingerprint density at radius 3 is 2.67 bits per heavy atom. The fourth-order valence-corrected chi connectivity index (χ4v) is 1.67. The molecule has 0 aliphatic rings. The van der Waals surface area contributed by atoms with Crippen molar-refractivity contribution in [3.63, 3.8) is 0 Å². The molecule has 0 aliphatic carbocycles. The number of halogens is 2. The average molecular weight is 251 g/mol. The first-order chi connectivity index (χ1) is 8.63. The third-order valence-corrected chi connectivity index (χ3v) is 2.55. The SMILES string of the molecule is COc1ncccc1C(O)c1ccc(F)cc1F. The first-order valence-electron chi connectivity index (χ1n) is 5.25. The molecular formula is C13H11F2NO2. The summed E-state index contributed by atoms with van der Waals surface area (Å²) in [4.78, 5) is 3.91. The fraction of sp³-hybridized carbons (Fsp3) is 0.154. The highest BCUT2D eigenvalue weighted by Crippen LogP contribution is 2.29. The van der Waals surface area contributed by atoms with Gasteiger partial charge in [0, 0.05) is 23.4 Å². The van der Waals surface area contributed by atoms with Crippen LogP contribution in [0.5, 0.6) is 5.88 Å². The van der Waals surface area contributed by atoms with Crippen LogP contribution >= 0.6 is 0 Å². The van der Waals surface area contributed by atoms with Crippen molar-refractivity contribution < 1.29 is 18.6 Å². The zero-order valence-corrected chi connectivity index (χ0v) is 9.60. The summed E-state index contributed by atoms with van der Waals surface area (Å²) >= 11 is 0. The van der Waals surface area contributed by atoms with Crippen LogP contribution in [0.15, 0.2) is 36.5 Å². The Morgan fingerprint density at radius 2 is 2.00 bits per heavy atom. The minimum Gasteiger partial charge on any atom is -0.481 e. The second-order valence-corrected chi connectivity index (χ2v) is 3.67. The van der Waals surface area contributed by atoms with Crippen LogP contribution in [0, 0.1) is 11.6 Å². The number of rotatable bonds is 3. The van der Waals surface area contributed by atoms with Crippen LogP contribution in [0.4, 0.5) is 8.78 Å². The summed E-state index contributed by atoms with van der Waals surface area (Å²) in [5, 5.41) is 10.1. The summed E-state index contributed by atoms with van der Waals surface area (Å²) in [6, 6.07) is 6.18. The van der Waals surface area contributed by atoms with Gasteiger partial charge in [0.05, 0.1) is 7.11 Å². The minimum absolute atomic E-state index is 0.0253. The van der Waals surface area contributed by atoms with Crippen molar-refractivity contribution in [2.75, 3.05) is 7.11 Å². The van der Waals surface area contributed by atoms with Gasteiger partial charge in [0.15, 0.2) is 0 Å². The van der Waals surface area contributed by atoms with Crippen molar-refractivity contribution in [1.29, 1.82) is 0 Å². The van der Waals surface area contributed by atoms with E-state index in [0.29, 0.717) is 5.56 Å². The highest BCUT2D eigenvalue weighted by atomic mass is 19.1. The lowest BCUT2D eigenvalue weighted by Gasteiger charge is -2.14. The van der Waals surface area contributed by atoms with E-state index in [1.165, 1.54) is 19.4 Å². The summed E-state index contributed by atoms with van der Waals surface area (Å²) in [6.07, 6.45) is 0.241. The third-order valence-electron chi connectivity index (χ3n) is 2.55. The van der Waals surface area contributed by atoms with E-state index in [2.05, 4.69) is 4.98 Å². The van der Waals surface area contributed by atoms with E-state index < -0.39 is 17.7 Å². The molecule has 0 saturated heterocycles. The van der Waals surface area contributed by atoms with Crippen molar-refractivity contribution in [1.82, 2.24) is 4.98 Å². The number of methoxy groups -OCH3 is 1. The van der Waals surface area contributed by atoms with Crippen LogP contribution in [0.3, 0.4) is 0 Å². The molecule has 1 aromatic carbocycles. The molecule has 1 unspecified atom stereocenters. The zero-order chi connectivity index (χ0) is 13.1. The first-order valence-corrected chi connectivity index (χ1v) is 5.25. The number of hydrogen-bond acceptors (Lipinski definition) is 3. The van der Waals surface area contributed by atoms with Crippen molar-refractivity contribution in [2.24, 2.45) is 0 Å². The molecule has 1 N–H and O–H groups in total. The number of ether oxygens (including phenoxy) is 1. The largest absolute Gasteiger partial charge is 0.481 e. The van der Waals surface area contributed by atoms with Gasteiger partial charge in [-0.25, -0.2) is 13.8 Å². The standard InChI is InChI=1S/C13H11F2NO2/c1-18-13-10(3-2-6-16-13)12(17)9-5-4-8(14)7-11(9)15/h2-7,12,17H,1H3. The number of nitrogens with zero attached hydrogens (tertiary/aromatic N) is 1. The molecule has 1 aromatic heterocycles. The molecule has 0 saturated carbocycles. The molecule has 2 rings (SSSR count). The van der Waals surface area contributed by atoms with Gasteiger partial charge in [-0.3, -0.25) is 0 Å². The summed E-state index contributed by atoms with van der Waals surface area (Å²) < 4.78 is 31.3. The van der Waals surface area contributed by atoms with Crippen molar-refractivity contribution >= 4 is 0 Å². The summed E-state index contributed by atoms with van der Waals surface area (Å²) in [7, 11) is 1.40. The lowest BCUT2D eigenvalue weighted by atomic mass is 10.0. The highest BCUT2D eigenvalue weighted by Gasteiger charge is 2.19. The van der Waals surface area contributed by atoms with E-state index >= 15 is 0 Å². The van der Waals surface area contributed by atoms with Gasteiger partial charge in [-0.2, -0.15) is 0 Å². The van der Waals surface area contributed by atoms with Gasteiger partial charge in [-0.05, 0) is 18.2 Å². The fourth-order valence-electron chi connectivity index (χ4n) is 1.67. The molecule has 3 nitrogen and oxygen atoms in total. The van der Waals surface area contributed by atoms with Crippen LogP contribution < -0.4 is 4.74 Å². The number of hydrogen-bond donors (Lipinski definition) is 1. The molecule has 94 valence electrons. The Balaban J connectivity index is 2.44. The molecule has 0 aliphatic heterocycles. The second-order valence-electron chi connectivity index (χ2n) is 3.67. The summed E-state index contributed by atoms with van der Waals surface area (Å²) in [6.45, 7) is 0. The van der Waals surface area contributed by atoms with Crippen molar-refractivity contribution in [2.45, 2.75) is 6.10 Å². The summed E-state index contributed by atoms with van der Waals surface area (Å²) in [5.74, 6) is -1.30. The van der Waals surface area contributed by atoms with Crippen LogP contribution in [0.1, 0.15) is 17.2 Å². The Kier molecular flexibility index (Phi) is 3.53. The topological polar surface area (TPSA) is 42.4 Å². The molecule has 0 spiro atoms. The Labute approximate surface area is 103 Å². The van der Waals surface area contributed by atoms with Gasteiger partial charge >= 0.3 is 0 Å². The van der Waals surface area contributed by atoms with Gasteiger partial charge in [0.1, 0.15) is 17.7 Å². The molecule has 0 bridgehead atoms. The molecular weight excluding hydrogens is 240 g/mol. The molecule has 0 amide bonds. The maximum atomic E-state index is 13.6. The number of benzene rings is 1. The van der Waals surface area contributed by atoms with Crippen LogP contribution in [-0.4, -0.2) is 17.2 Å². The highest BCUT2D eigenvalue weighted by molar-refractivity contribution is 5.36. The molecule has 18 heavy (non-hydrogen) atoms. The van der Waals surface area contributed by atoms with E-state index in [1.807, 2.05) is 0 Å². The van der Waals surface area contributed by atoms with E-state index in [1.54, 1.807) is 12.1 Å². The van der Waals surface area contributed by atoms with E-state index in [-0.39, 0.29) is 11.4 Å². The lowest BCUT2D eigenvalue weighted by Crippen LogP contribution is -2.06. The van der Waals surface area contributed by atoms with Crippen LogP contribution in [-0.2, 0) is 0 Å². The van der Waals surface area contributed by atoms with Gasteiger partial charge in [0.2, 0.25) is 5.88 Å². The molecule has 0 radical (unpaired) electrons. The van der Waals surface area contributed by atoms with Crippen molar-refractivity contribution in [3.8, 4) is 5.88 Å². The third kappa shape index (κ3) is 2.31. The predicted octanol–water partition coefficient (Wildman–Crippen LogP) is 2.45. The zero-order valence-electron chi connectivity index (χ0n) is 9.60. The monoisotopic (exact) mass is 251 g/mol. The number of aliphatic hydroxyl groups is 1. The number of aliphatic hydroxyl groups excluding tert-OH is 1. The molecule has 0 fully saturated rings. The molecule has 1 atom stereocenters. The quantitative estimate of drug-likeness (QED) is 0.911. The number of aromatic nitrogens is 1. The first kappa shape index (κ1) is 12.4. The van der Waals surface area contributed by atoms with Crippen LogP contribution in [0.2, 0.25) is 0 Å². The Morgan fingerprint density at radius 1 is 1.22 bits per heavy atom. The molecule has 5 heteroatoms. The van der Waals surface area contributed by atoms with E-state index in [4.69, 9.17) is 4.74 Å². The minimum atomic E-state index is -1.26. The van der Waals surface area contributed by atoms with Crippen LogP contribution in [0.25, 0.3) is 0 Å². The second kappa shape index (κ2) is 5.10. The van der Waals surface area contributed by atoms with Gasteiger partial charge in [-0.1, -0.05) is 6.07 Å². The predicted molar refractivity (Wildman–Crippen MR) is 61.2 cm³/mol. The lowest BCUT2D eigenvalue weighted by molar-refractivity contribution is 0.208. The van der Waals surface area contributed by atoms with Gasteiger partial charge in [0.25, 0.3) is 0 Å². The smallest absolute Gasteiger partial charge is 0.219 e. The Hall–Kier alpha value is -2.01. The molecule has 2 aromatic rings. The maximum Gasteiger partial charge on any atom is 0.219 e. The van der Waals surface area contributed by atoms with Gasteiger partial charge < -0.3 is 9.84 Å². The van der Waals surface area contributed by atoms with Crippen molar-refractivity contribution in [3.05, 3.63) is 59.3 Å². The Bertz CT molecular complexity index is 560. The van der Waals surface area contributed by atoms with Gasteiger partial charge in [-0.15, -0.1) is 0 Å². The molecule has 1 heterocycles. The normalized spacial score (nSPS) is 12.2. The summed E-state index contributed by atoms with van der Waals surface area (Å²) in [5.41, 5.74) is 0.299. The van der Waals surface area contributed by atoms with E-state index in [9.17, 15) is 13.9 Å². The number of pyridine rings is 1. The van der Waals surface area contributed by atoms with E-state index in [0.717, 1.165) is 12.1 Å². The average Bonchev–Trinajstić information content (AvgIpc) is 2.38. The maximum absolute atomic E-state index is 13.6.